The minimum Gasteiger partial charge on any atom is -0.494 e. The van der Waals surface area contributed by atoms with Crippen LogP contribution >= 0.6 is 0 Å². The molecule has 2 heteroatoms. The van der Waals surface area contributed by atoms with Gasteiger partial charge in [-0.3, -0.25) is 0 Å². The van der Waals surface area contributed by atoms with E-state index in [2.05, 4.69) is 0 Å². The average Bonchev–Trinajstić information content (AvgIpc) is 1.88. The van der Waals surface area contributed by atoms with E-state index in [1.807, 2.05) is 6.92 Å². The van der Waals surface area contributed by atoms with Crippen LogP contribution in [0.3, 0.4) is 0 Å². The summed E-state index contributed by atoms with van der Waals surface area (Å²) in [5, 5.41) is 0. The highest BCUT2D eigenvalue weighted by molar-refractivity contribution is 5.28. The molecule has 1 nitrogen and oxygen atoms in total. The number of hydrogen-bond acceptors (Lipinski definition) is 1. The second-order valence-corrected chi connectivity index (χ2v) is 2.40. The Bertz CT molecular complexity index is 191. The largest absolute Gasteiger partial charge is 0.494 e. The van der Waals surface area contributed by atoms with Crippen molar-refractivity contribution < 1.29 is 9.13 Å². The molecular weight excluding hydrogens is 131 g/mol. The highest BCUT2D eigenvalue weighted by Gasteiger charge is 2.12. The maximum Gasteiger partial charge on any atom is 0.161 e. The Kier molecular flexibility index (Phi) is 2.10. The molecule has 0 aliphatic heterocycles. The molecule has 0 radical (unpaired) electrons. The van der Waals surface area contributed by atoms with E-state index in [1.165, 1.54) is 7.11 Å². The SMILES string of the molecule is COC1=C(C)CCC=C1F. The van der Waals surface area contributed by atoms with Crippen LogP contribution in [0.25, 0.3) is 0 Å². The zero-order chi connectivity index (χ0) is 7.56. The predicted molar refractivity (Wildman–Crippen MR) is 38.1 cm³/mol. The van der Waals surface area contributed by atoms with Crippen LogP contribution < -0.4 is 0 Å². The van der Waals surface area contributed by atoms with E-state index in [1.54, 1.807) is 6.08 Å². The number of methoxy groups -OCH3 is 1. The molecule has 0 N–H and O–H groups in total. The summed E-state index contributed by atoms with van der Waals surface area (Å²) in [6.07, 6.45) is 3.27. The fourth-order valence-corrected chi connectivity index (χ4v) is 1.10. The minimum atomic E-state index is -0.216. The molecule has 1 aliphatic rings. The van der Waals surface area contributed by atoms with E-state index in [4.69, 9.17) is 4.74 Å². The van der Waals surface area contributed by atoms with Gasteiger partial charge in [-0.25, -0.2) is 4.39 Å². The van der Waals surface area contributed by atoms with E-state index >= 15 is 0 Å². The van der Waals surface area contributed by atoms with Gasteiger partial charge in [0.15, 0.2) is 11.6 Å². The van der Waals surface area contributed by atoms with Gasteiger partial charge < -0.3 is 4.74 Å². The van der Waals surface area contributed by atoms with Crippen LogP contribution in [0.15, 0.2) is 23.2 Å². The van der Waals surface area contributed by atoms with Gasteiger partial charge >= 0.3 is 0 Å². The highest BCUT2D eigenvalue weighted by Crippen LogP contribution is 2.25. The first-order valence-electron chi connectivity index (χ1n) is 3.35. The van der Waals surface area contributed by atoms with Gasteiger partial charge in [-0.15, -0.1) is 0 Å². The first-order valence-corrected chi connectivity index (χ1v) is 3.35. The van der Waals surface area contributed by atoms with E-state index in [0.29, 0.717) is 5.76 Å². The molecular formula is C8H11FO. The molecule has 0 atom stereocenters. The summed E-state index contributed by atoms with van der Waals surface area (Å²) in [6.45, 7) is 1.89. The lowest BCUT2D eigenvalue weighted by atomic mass is 10.0. The molecule has 0 aromatic rings. The second-order valence-electron chi connectivity index (χ2n) is 2.40. The number of allylic oxidation sites excluding steroid dienone is 3. The molecule has 0 heterocycles. The normalized spacial score (nSPS) is 18.9. The summed E-state index contributed by atoms with van der Waals surface area (Å²) in [7, 11) is 1.50. The minimum absolute atomic E-state index is 0.216. The van der Waals surface area contributed by atoms with Crippen LogP contribution in [-0.2, 0) is 4.74 Å². The van der Waals surface area contributed by atoms with Crippen molar-refractivity contribution in [2.45, 2.75) is 19.8 Å². The summed E-state index contributed by atoms with van der Waals surface area (Å²) in [4.78, 5) is 0. The summed E-state index contributed by atoms with van der Waals surface area (Å²) >= 11 is 0. The first-order chi connectivity index (χ1) is 4.75. The van der Waals surface area contributed by atoms with Crippen molar-refractivity contribution in [1.29, 1.82) is 0 Å². The van der Waals surface area contributed by atoms with Crippen LogP contribution in [0.5, 0.6) is 0 Å². The zero-order valence-corrected chi connectivity index (χ0v) is 6.28. The quantitative estimate of drug-likeness (QED) is 0.546. The van der Waals surface area contributed by atoms with Gasteiger partial charge in [0.2, 0.25) is 0 Å². The van der Waals surface area contributed by atoms with E-state index < -0.39 is 0 Å². The highest BCUT2D eigenvalue weighted by atomic mass is 19.1. The maximum absolute atomic E-state index is 12.8. The molecule has 0 aromatic carbocycles. The first kappa shape index (κ1) is 7.32. The van der Waals surface area contributed by atoms with E-state index in [-0.39, 0.29) is 5.83 Å². The molecule has 0 saturated heterocycles. The summed E-state index contributed by atoms with van der Waals surface area (Å²) in [5.41, 5.74) is 1.00. The van der Waals surface area contributed by atoms with Crippen LogP contribution in [0.2, 0.25) is 0 Å². The summed E-state index contributed by atoms with van der Waals surface area (Å²) in [5.74, 6) is 0.206. The van der Waals surface area contributed by atoms with Crippen molar-refractivity contribution >= 4 is 0 Å². The van der Waals surface area contributed by atoms with Gasteiger partial charge in [0.1, 0.15) is 0 Å². The Morgan fingerprint density at radius 2 is 2.30 bits per heavy atom. The second kappa shape index (κ2) is 2.86. The lowest BCUT2D eigenvalue weighted by Crippen LogP contribution is -1.97. The van der Waals surface area contributed by atoms with Crippen molar-refractivity contribution in [2.24, 2.45) is 0 Å². The third-order valence-corrected chi connectivity index (χ3v) is 1.65. The zero-order valence-electron chi connectivity index (χ0n) is 6.28. The van der Waals surface area contributed by atoms with Gasteiger partial charge in [0.05, 0.1) is 7.11 Å². The van der Waals surface area contributed by atoms with Gasteiger partial charge in [0.25, 0.3) is 0 Å². The van der Waals surface area contributed by atoms with E-state index in [0.717, 1.165) is 18.4 Å². The average molecular weight is 142 g/mol. The lowest BCUT2D eigenvalue weighted by molar-refractivity contribution is 0.274. The third-order valence-electron chi connectivity index (χ3n) is 1.65. The smallest absolute Gasteiger partial charge is 0.161 e. The van der Waals surface area contributed by atoms with E-state index in [9.17, 15) is 4.39 Å². The van der Waals surface area contributed by atoms with Gasteiger partial charge in [0, 0.05) is 0 Å². The Balaban J connectivity index is 2.87. The predicted octanol–water partition coefficient (Wildman–Crippen LogP) is 2.55. The van der Waals surface area contributed by atoms with Crippen molar-refractivity contribution in [3.8, 4) is 0 Å². The molecule has 0 aromatic heterocycles. The van der Waals surface area contributed by atoms with Crippen molar-refractivity contribution in [2.75, 3.05) is 7.11 Å². The Hall–Kier alpha value is -0.790. The monoisotopic (exact) mass is 142 g/mol. The number of rotatable bonds is 1. The van der Waals surface area contributed by atoms with Crippen molar-refractivity contribution in [1.82, 2.24) is 0 Å². The fraction of sp³-hybridized carbons (Fsp3) is 0.500. The molecule has 0 bridgehead atoms. The molecule has 0 fully saturated rings. The Morgan fingerprint density at radius 3 is 2.70 bits per heavy atom. The molecule has 1 rings (SSSR count). The van der Waals surface area contributed by atoms with Crippen molar-refractivity contribution in [3.05, 3.63) is 23.2 Å². The third kappa shape index (κ3) is 1.20. The molecule has 0 amide bonds. The van der Waals surface area contributed by atoms with Crippen LogP contribution in [0, 0.1) is 0 Å². The van der Waals surface area contributed by atoms with Crippen LogP contribution in [0.4, 0.5) is 4.39 Å². The fourth-order valence-electron chi connectivity index (χ4n) is 1.10. The molecule has 0 spiro atoms. The van der Waals surface area contributed by atoms with Gasteiger partial charge in [-0.05, 0) is 31.4 Å². The van der Waals surface area contributed by atoms with Crippen LogP contribution in [-0.4, -0.2) is 7.11 Å². The molecule has 0 unspecified atom stereocenters. The number of ether oxygens (including phenoxy) is 1. The van der Waals surface area contributed by atoms with Gasteiger partial charge in [-0.1, -0.05) is 0 Å². The molecule has 56 valence electrons. The maximum atomic E-state index is 12.8. The van der Waals surface area contributed by atoms with Crippen LogP contribution in [0.1, 0.15) is 19.8 Å². The summed E-state index contributed by atoms with van der Waals surface area (Å²) in [6, 6.07) is 0. The number of hydrogen-bond donors (Lipinski definition) is 0. The molecule has 0 saturated carbocycles. The Morgan fingerprint density at radius 1 is 1.60 bits per heavy atom. The Labute approximate surface area is 60.2 Å². The number of halogens is 1. The molecule has 1 aliphatic carbocycles. The van der Waals surface area contributed by atoms with Crippen molar-refractivity contribution in [3.63, 3.8) is 0 Å². The lowest BCUT2D eigenvalue weighted by Gasteiger charge is -2.12. The summed E-state index contributed by atoms with van der Waals surface area (Å²) < 4.78 is 17.6. The molecule has 10 heavy (non-hydrogen) atoms. The van der Waals surface area contributed by atoms with Gasteiger partial charge in [-0.2, -0.15) is 0 Å². The topological polar surface area (TPSA) is 9.23 Å². The standard InChI is InChI=1S/C8H11FO/c1-6-4-3-5-7(9)8(6)10-2/h5H,3-4H2,1-2H3.